The van der Waals surface area contributed by atoms with E-state index in [4.69, 9.17) is 10.5 Å². The zero-order valence-corrected chi connectivity index (χ0v) is 14.4. The largest absolute Gasteiger partial charge is 0.494 e. The fourth-order valence-corrected chi connectivity index (χ4v) is 3.95. The van der Waals surface area contributed by atoms with Crippen molar-refractivity contribution >= 4 is 12.4 Å². The van der Waals surface area contributed by atoms with Crippen molar-refractivity contribution in [3.8, 4) is 5.75 Å². The molecule has 3 rings (SSSR count). The highest BCUT2D eigenvalue weighted by atomic mass is 35.5. The van der Waals surface area contributed by atoms with Crippen LogP contribution in [0.4, 0.5) is 0 Å². The lowest BCUT2D eigenvalue weighted by Crippen LogP contribution is -2.38. The van der Waals surface area contributed by atoms with E-state index in [1.54, 1.807) is 0 Å². The first kappa shape index (κ1) is 17.6. The van der Waals surface area contributed by atoms with E-state index in [9.17, 15) is 0 Å². The van der Waals surface area contributed by atoms with Crippen LogP contribution in [0.3, 0.4) is 0 Å². The lowest BCUT2D eigenvalue weighted by Gasteiger charge is -2.29. The van der Waals surface area contributed by atoms with Crippen molar-refractivity contribution in [2.45, 2.75) is 45.2 Å². The van der Waals surface area contributed by atoms with Crippen molar-refractivity contribution in [2.75, 3.05) is 19.7 Å². The molecule has 1 aromatic rings. The molecule has 124 valence electrons. The van der Waals surface area contributed by atoms with Gasteiger partial charge in [0.25, 0.3) is 0 Å². The van der Waals surface area contributed by atoms with E-state index in [0.717, 1.165) is 37.2 Å². The number of ether oxygens (including phenoxy) is 1. The van der Waals surface area contributed by atoms with E-state index < -0.39 is 0 Å². The molecular weight excluding hydrogens is 296 g/mol. The Hall–Kier alpha value is -0.770. The average Bonchev–Trinajstić information content (AvgIpc) is 2.89. The molecule has 1 saturated carbocycles. The van der Waals surface area contributed by atoms with Crippen molar-refractivity contribution in [1.82, 2.24) is 4.90 Å². The molecule has 1 aromatic carbocycles. The Kier molecular flexibility index (Phi) is 6.54. The maximum Gasteiger partial charge on any atom is 0.119 e. The predicted octanol–water partition coefficient (Wildman–Crippen LogP) is 3.46. The van der Waals surface area contributed by atoms with Crippen LogP contribution in [0.2, 0.25) is 0 Å². The number of halogens is 1. The molecule has 1 aliphatic carbocycles. The third-order valence-corrected chi connectivity index (χ3v) is 5.01. The Bertz CT molecular complexity index is 468. The van der Waals surface area contributed by atoms with Crippen molar-refractivity contribution in [1.29, 1.82) is 0 Å². The maximum atomic E-state index is 6.31. The molecule has 0 amide bonds. The molecule has 2 fully saturated rings. The molecule has 2 N–H and O–H groups in total. The van der Waals surface area contributed by atoms with Gasteiger partial charge in [0.15, 0.2) is 0 Å². The van der Waals surface area contributed by atoms with Crippen molar-refractivity contribution < 1.29 is 4.74 Å². The second kappa shape index (κ2) is 8.19. The molecule has 4 heteroatoms. The Morgan fingerprint density at radius 1 is 1.27 bits per heavy atom. The SMILES string of the molecule is CCCOc1cccc(CN2CC3CCCC(N)C3C2)c1.Cl. The van der Waals surface area contributed by atoms with Gasteiger partial charge in [0.1, 0.15) is 5.75 Å². The highest BCUT2D eigenvalue weighted by molar-refractivity contribution is 5.85. The van der Waals surface area contributed by atoms with Crippen LogP contribution in [-0.4, -0.2) is 30.6 Å². The monoisotopic (exact) mass is 324 g/mol. The summed E-state index contributed by atoms with van der Waals surface area (Å²) in [7, 11) is 0. The van der Waals surface area contributed by atoms with E-state index >= 15 is 0 Å². The summed E-state index contributed by atoms with van der Waals surface area (Å²) in [5.74, 6) is 2.55. The Morgan fingerprint density at radius 3 is 2.91 bits per heavy atom. The molecular formula is C18H29ClN2O. The van der Waals surface area contributed by atoms with Crippen LogP contribution in [0, 0.1) is 11.8 Å². The zero-order valence-electron chi connectivity index (χ0n) is 13.5. The number of nitrogens with zero attached hydrogens (tertiary/aromatic N) is 1. The van der Waals surface area contributed by atoms with Crippen LogP contribution in [0.15, 0.2) is 24.3 Å². The molecule has 1 aliphatic heterocycles. The minimum Gasteiger partial charge on any atom is -0.494 e. The predicted molar refractivity (Wildman–Crippen MR) is 93.6 cm³/mol. The van der Waals surface area contributed by atoms with Crippen LogP contribution in [-0.2, 0) is 6.54 Å². The fraction of sp³-hybridized carbons (Fsp3) is 0.667. The molecule has 1 saturated heterocycles. The number of rotatable bonds is 5. The molecule has 3 unspecified atom stereocenters. The summed E-state index contributed by atoms with van der Waals surface area (Å²) in [6.45, 7) is 6.36. The highest BCUT2D eigenvalue weighted by Gasteiger charge is 2.38. The third-order valence-electron chi connectivity index (χ3n) is 5.01. The molecule has 3 atom stereocenters. The molecule has 22 heavy (non-hydrogen) atoms. The Morgan fingerprint density at radius 2 is 2.14 bits per heavy atom. The molecule has 2 aliphatic rings. The summed E-state index contributed by atoms with van der Waals surface area (Å²) < 4.78 is 5.73. The van der Waals surface area contributed by atoms with Crippen LogP contribution >= 0.6 is 12.4 Å². The first-order valence-electron chi connectivity index (χ1n) is 8.46. The second-order valence-corrected chi connectivity index (χ2v) is 6.71. The van der Waals surface area contributed by atoms with E-state index in [2.05, 4.69) is 36.1 Å². The van der Waals surface area contributed by atoms with Crippen molar-refractivity contribution in [2.24, 2.45) is 17.6 Å². The van der Waals surface area contributed by atoms with E-state index in [-0.39, 0.29) is 12.4 Å². The quantitative estimate of drug-likeness (QED) is 0.901. The van der Waals surface area contributed by atoms with Crippen LogP contribution in [0.5, 0.6) is 5.75 Å². The van der Waals surface area contributed by atoms with Gasteiger partial charge in [-0.25, -0.2) is 0 Å². The molecule has 1 heterocycles. The average molecular weight is 325 g/mol. The fourth-order valence-electron chi connectivity index (χ4n) is 3.95. The maximum absolute atomic E-state index is 6.31. The summed E-state index contributed by atoms with van der Waals surface area (Å²) in [5.41, 5.74) is 7.67. The third kappa shape index (κ3) is 4.15. The van der Waals surface area contributed by atoms with Crippen LogP contribution in [0.1, 0.15) is 38.2 Å². The first-order valence-corrected chi connectivity index (χ1v) is 8.46. The summed E-state index contributed by atoms with van der Waals surface area (Å²) in [4.78, 5) is 2.58. The number of nitrogens with two attached hydrogens (primary N) is 1. The molecule has 0 bridgehead atoms. The van der Waals surface area contributed by atoms with Gasteiger partial charge in [0, 0.05) is 25.7 Å². The topological polar surface area (TPSA) is 38.5 Å². The van der Waals surface area contributed by atoms with Gasteiger partial charge in [-0.2, -0.15) is 0 Å². The number of hydrogen-bond donors (Lipinski definition) is 1. The number of hydrogen-bond acceptors (Lipinski definition) is 3. The number of fused-ring (bicyclic) bond motifs is 1. The van der Waals surface area contributed by atoms with Gasteiger partial charge in [-0.1, -0.05) is 25.5 Å². The summed E-state index contributed by atoms with van der Waals surface area (Å²) >= 11 is 0. The van der Waals surface area contributed by atoms with Gasteiger partial charge >= 0.3 is 0 Å². The van der Waals surface area contributed by atoms with Crippen molar-refractivity contribution in [3.63, 3.8) is 0 Å². The van der Waals surface area contributed by atoms with Gasteiger partial charge in [-0.15, -0.1) is 12.4 Å². The minimum absolute atomic E-state index is 0. The molecule has 0 aromatic heterocycles. The summed E-state index contributed by atoms with van der Waals surface area (Å²) in [5, 5.41) is 0. The molecule has 0 spiro atoms. The van der Waals surface area contributed by atoms with Gasteiger partial charge in [0.05, 0.1) is 6.61 Å². The minimum atomic E-state index is 0. The van der Waals surface area contributed by atoms with E-state index in [0.29, 0.717) is 6.04 Å². The smallest absolute Gasteiger partial charge is 0.119 e. The highest BCUT2D eigenvalue weighted by Crippen LogP contribution is 2.36. The normalized spacial score (nSPS) is 28.0. The van der Waals surface area contributed by atoms with Gasteiger partial charge in [-0.05, 0) is 48.8 Å². The number of likely N-dealkylation sites (tertiary alicyclic amines) is 1. The Labute approximate surface area is 140 Å². The summed E-state index contributed by atoms with van der Waals surface area (Å²) in [6, 6.07) is 8.99. The lowest BCUT2D eigenvalue weighted by molar-refractivity contribution is 0.259. The number of benzene rings is 1. The standard InChI is InChI=1S/C18H28N2O.ClH/c1-2-9-21-16-7-3-5-14(10-16)11-20-12-15-6-4-8-18(19)17(15)13-20;/h3,5,7,10,15,17-18H,2,4,6,8-9,11-13,19H2,1H3;1H. The van der Waals surface area contributed by atoms with Gasteiger partial charge in [0.2, 0.25) is 0 Å². The van der Waals surface area contributed by atoms with E-state index in [1.807, 2.05) is 0 Å². The molecule has 0 radical (unpaired) electrons. The van der Waals surface area contributed by atoms with Crippen LogP contribution < -0.4 is 10.5 Å². The second-order valence-electron chi connectivity index (χ2n) is 6.71. The van der Waals surface area contributed by atoms with Crippen LogP contribution in [0.25, 0.3) is 0 Å². The van der Waals surface area contributed by atoms with Gasteiger partial charge < -0.3 is 10.5 Å². The molecule has 3 nitrogen and oxygen atoms in total. The Balaban J connectivity index is 0.00000176. The van der Waals surface area contributed by atoms with Gasteiger partial charge in [-0.3, -0.25) is 4.90 Å². The first-order chi connectivity index (χ1) is 10.3. The van der Waals surface area contributed by atoms with Crippen molar-refractivity contribution in [3.05, 3.63) is 29.8 Å². The zero-order chi connectivity index (χ0) is 14.7. The summed E-state index contributed by atoms with van der Waals surface area (Å²) in [6.07, 6.45) is 4.96. The van der Waals surface area contributed by atoms with E-state index in [1.165, 1.54) is 37.9 Å². The lowest BCUT2D eigenvalue weighted by atomic mass is 9.78.